The lowest BCUT2D eigenvalue weighted by Crippen LogP contribution is -2.25. The molecule has 0 radical (unpaired) electrons. The molecule has 1 aromatic heterocycles. The number of amidine groups is 1. The average molecular weight is 284 g/mol. The van der Waals surface area contributed by atoms with E-state index in [1.54, 1.807) is 13.3 Å². The Morgan fingerprint density at radius 2 is 2.19 bits per heavy atom. The minimum absolute atomic E-state index is 0.654. The maximum atomic E-state index is 5.33. The molecule has 0 aliphatic carbocycles. The lowest BCUT2D eigenvalue weighted by molar-refractivity contribution is 0.412. The third-order valence-corrected chi connectivity index (χ3v) is 3.00. The molecule has 0 bridgehead atoms. The molecule has 1 N–H and O–H groups in total. The molecule has 0 spiro atoms. The fourth-order valence-corrected chi connectivity index (χ4v) is 1.94. The standard InChI is InChI=1S/C16H20N4O/c1-11(2)18-15(16-17-8-9-20(16)4)19-13-7-6-12(3)14(10-13)21-5/h6-10H,1H2,2-5H3,(H,18,19). The van der Waals surface area contributed by atoms with Gasteiger partial charge in [0.2, 0.25) is 0 Å². The van der Waals surface area contributed by atoms with Gasteiger partial charge in [0.15, 0.2) is 11.7 Å². The highest BCUT2D eigenvalue weighted by molar-refractivity contribution is 5.98. The zero-order valence-electron chi connectivity index (χ0n) is 12.8. The number of rotatable bonds is 4. The van der Waals surface area contributed by atoms with E-state index in [9.17, 15) is 0 Å². The summed E-state index contributed by atoms with van der Waals surface area (Å²) in [5, 5.41) is 3.16. The van der Waals surface area contributed by atoms with Gasteiger partial charge < -0.3 is 14.6 Å². The summed E-state index contributed by atoms with van der Waals surface area (Å²) in [4.78, 5) is 8.96. The van der Waals surface area contributed by atoms with Crippen LogP contribution in [0.4, 0.5) is 5.69 Å². The topological polar surface area (TPSA) is 51.4 Å². The van der Waals surface area contributed by atoms with E-state index in [4.69, 9.17) is 4.74 Å². The Morgan fingerprint density at radius 3 is 2.76 bits per heavy atom. The number of hydrogen-bond donors (Lipinski definition) is 1. The van der Waals surface area contributed by atoms with E-state index >= 15 is 0 Å². The van der Waals surface area contributed by atoms with Crippen molar-refractivity contribution >= 4 is 11.5 Å². The van der Waals surface area contributed by atoms with Crippen molar-refractivity contribution in [2.75, 3.05) is 7.11 Å². The Bertz CT molecular complexity index is 685. The number of imidazole rings is 1. The van der Waals surface area contributed by atoms with Crippen LogP contribution in [0, 0.1) is 6.92 Å². The first kappa shape index (κ1) is 14.8. The molecule has 2 aromatic rings. The minimum atomic E-state index is 0.654. The summed E-state index contributed by atoms with van der Waals surface area (Å²) >= 11 is 0. The third kappa shape index (κ3) is 3.51. The van der Waals surface area contributed by atoms with Gasteiger partial charge in [-0.15, -0.1) is 0 Å². The number of allylic oxidation sites excluding steroid dienone is 1. The summed E-state index contributed by atoms with van der Waals surface area (Å²) < 4.78 is 7.24. The molecule has 0 aliphatic rings. The molecule has 0 amide bonds. The molecule has 2 rings (SSSR count). The summed E-state index contributed by atoms with van der Waals surface area (Å²) in [6.07, 6.45) is 3.61. The second-order valence-corrected chi connectivity index (χ2v) is 4.88. The summed E-state index contributed by atoms with van der Waals surface area (Å²) in [6.45, 7) is 7.75. The molecule has 0 unspecified atom stereocenters. The van der Waals surface area contributed by atoms with Gasteiger partial charge in [-0.25, -0.2) is 9.98 Å². The van der Waals surface area contributed by atoms with E-state index in [1.807, 2.05) is 49.9 Å². The number of methoxy groups -OCH3 is 1. The maximum absolute atomic E-state index is 5.33. The molecular weight excluding hydrogens is 264 g/mol. The van der Waals surface area contributed by atoms with Gasteiger partial charge in [-0.3, -0.25) is 0 Å². The van der Waals surface area contributed by atoms with Crippen LogP contribution in [0.3, 0.4) is 0 Å². The van der Waals surface area contributed by atoms with Crippen LogP contribution in [0.25, 0.3) is 0 Å². The average Bonchev–Trinajstić information content (AvgIpc) is 2.86. The quantitative estimate of drug-likeness (QED) is 0.693. The van der Waals surface area contributed by atoms with Crippen LogP contribution in [0.2, 0.25) is 0 Å². The van der Waals surface area contributed by atoms with Gasteiger partial charge in [0, 0.05) is 31.2 Å². The second-order valence-electron chi connectivity index (χ2n) is 4.88. The van der Waals surface area contributed by atoms with Crippen LogP contribution in [-0.2, 0) is 7.05 Å². The normalized spacial score (nSPS) is 11.3. The van der Waals surface area contributed by atoms with Crippen molar-refractivity contribution in [2.45, 2.75) is 13.8 Å². The predicted octanol–water partition coefficient (Wildman–Crippen LogP) is 2.94. The molecule has 21 heavy (non-hydrogen) atoms. The van der Waals surface area contributed by atoms with Crippen molar-refractivity contribution < 1.29 is 4.74 Å². The Balaban J connectivity index is 2.45. The second kappa shape index (κ2) is 6.26. The van der Waals surface area contributed by atoms with Crippen LogP contribution < -0.4 is 10.1 Å². The van der Waals surface area contributed by atoms with E-state index in [-0.39, 0.29) is 0 Å². The van der Waals surface area contributed by atoms with Crippen LogP contribution in [0.15, 0.2) is 47.9 Å². The van der Waals surface area contributed by atoms with Crippen molar-refractivity contribution in [2.24, 2.45) is 12.0 Å². The summed E-state index contributed by atoms with van der Waals surface area (Å²) in [5.41, 5.74) is 2.67. The maximum Gasteiger partial charge on any atom is 0.175 e. The predicted molar refractivity (Wildman–Crippen MR) is 85.1 cm³/mol. The van der Waals surface area contributed by atoms with Crippen molar-refractivity contribution in [1.82, 2.24) is 14.9 Å². The third-order valence-electron chi connectivity index (χ3n) is 3.00. The number of ether oxygens (including phenoxy) is 1. The van der Waals surface area contributed by atoms with E-state index < -0.39 is 0 Å². The number of aromatic nitrogens is 2. The van der Waals surface area contributed by atoms with Gasteiger partial charge in [-0.05, 0) is 25.5 Å². The zero-order chi connectivity index (χ0) is 15.4. The minimum Gasteiger partial charge on any atom is -0.496 e. The zero-order valence-corrected chi connectivity index (χ0v) is 12.8. The number of benzene rings is 1. The van der Waals surface area contributed by atoms with Crippen molar-refractivity contribution in [3.8, 4) is 5.75 Å². The smallest absolute Gasteiger partial charge is 0.175 e. The molecule has 5 heteroatoms. The monoisotopic (exact) mass is 284 g/mol. The van der Waals surface area contributed by atoms with Gasteiger partial charge in [0.25, 0.3) is 0 Å². The molecule has 1 aromatic carbocycles. The molecule has 5 nitrogen and oxygen atoms in total. The first-order valence-electron chi connectivity index (χ1n) is 6.65. The molecule has 0 saturated heterocycles. The molecule has 110 valence electrons. The van der Waals surface area contributed by atoms with Gasteiger partial charge in [-0.1, -0.05) is 12.6 Å². The SMILES string of the molecule is C=C(C)NC(=Nc1ccc(C)c(OC)c1)c1nccn1C. The van der Waals surface area contributed by atoms with Crippen molar-refractivity contribution in [3.05, 3.63) is 54.3 Å². The first-order chi connectivity index (χ1) is 10.0. The van der Waals surface area contributed by atoms with E-state index in [0.29, 0.717) is 5.84 Å². The van der Waals surface area contributed by atoms with Gasteiger partial charge in [0.1, 0.15) is 5.75 Å². The Hall–Kier alpha value is -2.56. The Morgan fingerprint density at radius 1 is 1.43 bits per heavy atom. The van der Waals surface area contributed by atoms with Crippen LogP contribution >= 0.6 is 0 Å². The van der Waals surface area contributed by atoms with E-state index in [0.717, 1.165) is 28.5 Å². The largest absolute Gasteiger partial charge is 0.496 e. The van der Waals surface area contributed by atoms with Crippen molar-refractivity contribution in [3.63, 3.8) is 0 Å². The number of nitrogens with zero attached hydrogens (tertiary/aromatic N) is 3. The summed E-state index contributed by atoms with van der Waals surface area (Å²) in [6, 6.07) is 5.83. The molecule has 0 aliphatic heterocycles. The number of nitrogens with one attached hydrogen (secondary N) is 1. The number of aryl methyl sites for hydroxylation is 2. The highest BCUT2D eigenvalue weighted by Gasteiger charge is 2.10. The Labute approximate surface area is 125 Å². The highest BCUT2D eigenvalue weighted by atomic mass is 16.5. The van der Waals surface area contributed by atoms with Gasteiger partial charge in [-0.2, -0.15) is 0 Å². The molecular formula is C16H20N4O. The van der Waals surface area contributed by atoms with E-state index in [2.05, 4.69) is 21.9 Å². The number of aliphatic imine (C=N–C) groups is 1. The fraction of sp³-hybridized carbons (Fsp3) is 0.250. The molecule has 0 saturated carbocycles. The molecule has 1 heterocycles. The number of hydrogen-bond acceptors (Lipinski definition) is 3. The van der Waals surface area contributed by atoms with E-state index in [1.165, 1.54) is 0 Å². The van der Waals surface area contributed by atoms with Gasteiger partial charge in [0.05, 0.1) is 12.8 Å². The van der Waals surface area contributed by atoms with Crippen molar-refractivity contribution in [1.29, 1.82) is 0 Å². The first-order valence-corrected chi connectivity index (χ1v) is 6.65. The lowest BCUT2D eigenvalue weighted by Gasteiger charge is -2.10. The lowest BCUT2D eigenvalue weighted by atomic mass is 10.2. The van der Waals surface area contributed by atoms with Crippen LogP contribution in [0.1, 0.15) is 18.3 Å². The summed E-state index contributed by atoms with van der Waals surface area (Å²) in [5.74, 6) is 2.21. The van der Waals surface area contributed by atoms with Gasteiger partial charge >= 0.3 is 0 Å². The molecule has 0 atom stereocenters. The fourth-order valence-electron chi connectivity index (χ4n) is 1.94. The molecule has 0 fully saturated rings. The van der Waals surface area contributed by atoms with Crippen LogP contribution in [-0.4, -0.2) is 22.5 Å². The summed E-state index contributed by atoms with van der Waals surface area (Å²) in [7, 11) is 3.58. The Kier molecular flexibility index (Phi) is 4.42. The highest BCUT2D eigenvalue weighted by Crippen LogP contribution is 2.24. The van der Waals surface area contributed by atoms with Crippen LogP contribution in [0.5, 0.6) is 5.75 Å².